The molecule has 1 amide bonds. The van der Waals surface area contributed by atoms with Crippen LogP contribution in [0.25, 0.3) is 0 Å². The predicted molar refractivity (Wildman–Crippen MR) is 103 cm³/mol. The van der Waals surface area contributed by atoms with Crippen molar-refractivity contribution in [2.24, 2.45) is 0 Å². The topological polar surface area (TPSA) is 50.4 Å². The van der Waals surface area contributed by atoms with Crippen molar-refractivity contribution in [1.29, 1.82) is 0 Å². The van der Waals surface area contributed by atoms with Gasteiger partial charge in [-0.05, 0) is 36.9 Å². The van der Waals surface area contributed by atoms with Crippen molar-refractivity contribution in [1.82, 2.24) is 5.32 Å². The highest BCUT2D eigenvalue weighted by atomic mass is 28.3. The number of anilines is 1. The first-order valence-corrected chi connectivity index (χ1v) is 11.6. The molecule has 0 aliphatic heterocycles. The van der Waals surface area contributed by atoms with Gasteiger partial charge in [0, 0.05) is 5.69 Å². The summed E-state index contributed by atoms with van der Waals surface area (Å²) in [5.41, 5.74) is 1.71. The molecule has 24 heavy (non-hydrogen) atoms. The Morgan fingerprint density at radius 2 is 1.58 bits per heavy atom. The highest BCUT2D eigenvalue weighted by Gasteiger charge is 2.20. The lowest BCUT2D eigenvalue weighted by atomic mass is 10.1. The zero-order valence-corrected chi connectivity index (χ0v) is 16.0. The summed E-state index contributed by atoms with van der Waals surface area (Å²) in [5, 5.41) is 7.42. The van der Waals surface area contributed by atoms with Crippen molar-refractivity contribution in [2.45, 2.75) is 25.7 Å². The van der Waals surface area contributed by atoms with Crippen LogP contribution < -0.4 is 20.6 Å². The maximum absolute atomic E-state index is 12.6. The second-order valence-corrected chi connectivity index (χ2v) is 11.9. The maximum Gasteiger partial charge on any atom is 0.246 e. The zero-order valence-electron chi connectivity index (χ0n) is 15.0. The summed E-state index contributed by atoms with van der Waals surface area (Å²) < 4.78 is 5.16. The van der Waals surface area contributed by atoms with Gasteiger partial charge in [0.25, 0.3) is 0 Å². The molecule has 0 spiro atoms. The van der Waals surface area contributed by atoms with Crippen LogP contribution in [0.4, 0.5) is 5.69 Å². The van der Waals surface area contributed by atoms with Crippen LogP contribution >= 0.6 is 0 Å². The van der Waals surface area contributed by atoms with E-state index < -0.39 is 14.1 Å². The van der Waals surface area contributed by atoms with Gasteiger partial charge in [0.2, 0.25) is 5.91 Å². The molecule has 1 unspecified atom stereocenters. The van der Waals surface area contributed by atoms with Gasteiger partial charge in [-0.2, -0.15) is 0 Å². The van der Waals surface area contributed by atoms with Gasteiger partial charge in [-0.3, -0.25) is 4.79 Å². The number of methoxy groups -OCH3 is 1. The SMILES string of the molecule is CNC(C(=O)Nc1ccc([Si](C)(C)C)cc1)c1ccc(OC)cc1. The Bertz CT molecular complexity index is 676. The lowest BCUT2D eigenvalue weighted by Gasteiger charge is -2.19. The smallest absolute Gasteiger partial charge is 0.246 e. The van der Waals surface area contributed by atoms with Crippen molar-refractivity contribution in [3.05, 3.63) is 54.1 Å². The quantitative estimate of drug-likeness (QED) is 0.793. The monoisotopic (exact) mass is 342 g/mol. The summed E-state index contributed by atoms with van der Waals surface area (Å²) in [6.45, 7) is 6.92. The van der Waals surface area contributed by atoms with Crippen LogP contribution in [-0.4, -0.2) is 28.1 Å². The van der Waals surface area contributed by atoms with E-state index in [9.17, 15) is 4.79 Å². The van der Waals surface area contributed by atoms with Crippen LogP contribution in [0, 0.1) is 0 Å². The molecule has 5 heteroatoms. The lowest BCUT2D eigenvalue weighted by molar-refractivity contribution is -0.118. The number of amides is 1. The minimum absolute atomic E-state index is 0.0802. The van der Waals surface area contributed by atoms with Crippen molar-refractivity contribution in [2.75, 3.05) is 19.5 Å². The van der Waals surface area contributed by atoms with Gasteiger partial charge in [0.1, 0.15) is 11.8 Å². The zero-order chi connectivity index (χ0) is 17.7. The van der Waals surface area contributed by atoms with Gasteiger partial charge < -0.3 is 15.4 Å². The summed E-state index contributed by atoms with van der Waals surface area (Å²) in [4.78, 5) is 12.6. The summed E-state index contributed by atoms with van der Waals surface area (Å²) in [6.07, 6.45) is 0. The van der Waals surface area contributed by atoms with Crippen molar-refractivity contribution in [3.63, 3.8) is 0 Å². The number of ether oxygens (including phenoxy) is 1. The number of hydrogen-bond donors (Lipinski definition) is 2. The molecule has 2 rings (SSSR count). The predicted octanol–water partition coefficient (Wildman–Crippen LogP) is 3.14. The van der Waals surface area contributed by atoms with Crippen molar-refractivity contribution >= 4 is 24.9 Å². The van der Waals surface area contributed by atoms with Gasteiger partial charge in [0.15, 0.2) is 0 Å². The first-order valence-electron chi connectivity index (χ1n) is 8.08. The third kappa shape index (κ3) is 4.46. The normalized spacial score (nSPS) is 12.5. The molecule has 128 valence electrons. The Kier molecular flexibility index (Phi) is 5.80. The number of benzene rings is 2. The summed E-state index contributed by atoms with van der Waals surface area (Å²) >= 11 is 0. The van der Waals surface area contributed by atoms with E-state index >= 15 is 0 Å². The van der Waals surface area contributed by atoms with E-state index in [1.54, 1.807) is 14.2 Å². The molecule has 0 aliphatic rings. The van der Waals surface area contributed by atoms with Gasteiger partial charge in [-0.25, -0.2) is 0 Å². The van der Waals surface area contributed by atoms with Crippen molar-refractivity contribution < 1.29 is 9.53 Å². The molecule has 0 radical (unpaired) electrons. The van der Waals surface area contributed by atoms with Gasteiger partial charge >= 0.3 is 0 Å². The van der Waals surface area contributed by atoms with Crippen molar-refractivity contribution in [3.8, 4) is 5.75 Å². The Hall–Kier alpha value is -2.11. The summed E-state index contributed by atoms with van der Waals surface area (Å²) in [6, 6.07) is 15.3. The minimum Gasteiger partial charge on any atom is -0.497 e. The van der Waals surface area contributed by atoms with Crippen LogP contribution in [0.15, 0.2) is 48.5 Å². The Balaban J connectivity index is 2.11. The van der Waals surface area contributed by atoms with E-state index in [-0.39, 0.29) is 5.91 Å². The van der Waals surface area contributed by atoms with Crippen LogP contribution in [0.1, 0.15) is 11.6 Å². The number of rotatable bonds is 6. The first-order chi connectivity index (χ1) is 11.3. The molecule has 4 nitrogen and oxygen atoms in total. The molecule has 0 heterocycles. The Labute approximate surface area is 145 Å². The van der Waals surface area contributed by atoms with Crippen LogP contribution in [0.5, 0.6) is 5.75 Å². The van der Waals surface area contributed by atoms with Gasteiger partial charge in [0.05, 0.1) is 15.2 Å². The molecule has 0 saturated heterocycles. The van der Waals surface area contributed by atoms with E-state index in [4.69, 9.17) is 4.74 Å². The largest absolute Gasteiger partial charge is 0.497 e. The first kappa shape index (κ1) is 18.2. The van der Waals surface area contributed by atoms with Crippen LogP contribution in [-0.2, 0) is 4.79 Å². The lowest BCUT2D eigenvalue weighted by Crippen LogP contribution is -2.37. The van der Waals surface area contributed by atoms with Gasteiger partial charge in [-0.15, -0.1) is 0 Å². The second-order valence-electron chi connectivity index (χ2n) is 6.81. The molecule has 0 saturated carbocycles. The van der Waals surface area contributed by atoms with Crippen LogP contribution in [0.2, 0.25) is 19.6 Å². The second kappa shape index (κ2) is 7.64. The number of hydrogen-bond acceptors (Lipinski definition) is 3. The molecule has 0 aliphatic carbocycles. The van der Waals surface area contributed by atoms with Crippen LogP contribution in [0.3, 0.4) is 0 Å². The standard InChI is InChI=1S/C19H26N2O2Si/c1-20-18(14-6-10-16(23-2)11-7-14)19(22)21-15-8-12-17(13-9-15)24(3,4)5/h6-13,18,20H,1-5H3,(H,21,22). The fourth-order valence-corrected chi connectivity index (χ4v) is 3.68. The molecule has 0 bridgehead atoms. The highest BCUT2D eigenvalue weighted by molar-refractivity contribution is 6.88. The molecule has 1 atom stereocenters. The van der Waals surface area contributed by atoms with E-state index in [0.717, 1.165) is 17.0 Å². The maximum atomic E-state index is 12.6. The summed E-state index contributed by atoms with van der Waals surface area (Å²) in [7, 11) is 2.08. The average Bonchev–Trinajstić information content (AvgIpc) is 2.56. The van der Waals surface area contributed by atoms with Gasteiger partial charge in [-0.1, -0.05) is 49.1 Å². The number of carbonyl (C=O) groups is 1. The van der Waals surface area contributed by atoms with E-state index in [2.05, 4.69) is 42.4 Å². The Morgan fingerprint density at radius 1 is 1.00 bits per heavy atom. The number of carbonyl (C=O) groups excluding carboxylic acids is 1. The molecular weight excluding hydrogens is 316 g/mol. The highest BCUT2D eigenvalue weighted by Crippen LogP contribution is 2.19. The molecule has 2 aromatic rings. The van der Waals surface area contributed by atoms with E-state index in [0.29, 0.717) is 0 Å². The fourth-order valence-electron chi connectivity index (χ4n) is 2.51. The number of likely N-dealkylation sites (N-methyl/N-ethyl adjacent to an activating group) is 1. The minimum atomic E-state index is -1.32. The molecular formula is C19H26N2O2Si. The Morgan fingerprint density at radius 3 is 2.04 bits per heavy atom. The fraction of sp³-hybridized carbons (Fsp3) is 0.316. The molecule has 0 fully saturated rings. The average molecular weight is 343 g/mol. The number of nitrogens with one attached hydrogen (secondary N) is 2. The van der Waals surface area contributed by atoms with E-state index in [1.807, 2.05) is 36.4 Å². The summed E-state index contributed by atoms with van der Waals surface area (Å²) in [5.74, 6) is 0.694. The van der Waals surface area contributed by atoms with E-state index in [1.165, 1.54) is 5.19 Å². The third-order valence-electron chi connectivity index (χ3n) is 4.02. The molecule has 2 N–H and O–H groups in total. The molecule has 2 aromatic carbocycles. The molecule has 0 aromatic heterocycles. The third-order valence-corrected chi connectivity index (χ3v) is 6.08.